The lowest BCUT2D eigenvalue weighted by Gasteiger charge is -2.40. The second kappa shape index (κ2) is 14.1. The Kier molecular flexibility index (Phi) is 10.1. The Bertz CT molecular complexity index is 2010. The number of nitrogens with one attached hydrogen (secondary N) is 1. The van der Waals surface area contributed by atoms with E-state index in [0.29, 0.717) is 23.7 Å². The molecule has 0 unspecified atom stereocenters. The second-order valence-corrected chi connectivity index (χ2v) is 13.1. The summed E-state index contributed by atoms with van der Waals surface area (Å²) in [4.78, 5) is 23.0. The number of aliphatic carboxylic acids is 1. The van der Waals surface area contributed by atoms with E-state index in [1.165, 1.54) is 0 Å². The van der Waals surface area contributed by atoms with E-state index in [0.717, 1.165) is 68.2 Å². The summed E-state index contributed by atoms with van der Waals surface area (Å²) >= 11 is 6.25. The number of quaternary nitrogens is 1. The highest BCUT2D eigenvalue weighted by Crippen LogP contribution is 2.35. The Morgan fingerprint density at radius 3 is 2.31 bits per heavy atom. The van der Waals surface area contributed by atoms with Crippen molar-refractivity contribution < 1.29 is 32.3 Å². The average Bonchev–Trinajstić information content (AvgIpc) is 3.41. The molecule has 0 radical (unpaired) electrons. The van der Waals surface area contributed by atoms with Crippen LogP contribution in [-0.4, -0.2) is 54.3 Å². The molecule has 1 amide bonds. The molecule has 48 heavy (non-hydrogen) atoms. The third-order valence-corrected chi connectivity index (χ3v) is 9.06. The first-order valence-corrected chi connectivity index (χ1v) is 15.8. The van der Waals surface area contributed by atoms with Gasteiger partial charge in [-0.2, -0.15) is 18.4 Å². The number of para-hydroxylation sites is 1. The summed E-state index contributed by atoms with van der Waals surface area (Å²) < 4.78 is 34.6. The van der Waals surface area contributed by atoms with Crippen LogP contribution in [-0.2, 0) is 11.3 Å². The summed E-state index contributed by atoms with van der Waals surface area (Å²) in [6.07, 6.45) is -3.11. The van der Waals surface area contributed by atoms with Crippen molar-refractivity contribution in [3.63, 3.8) is 0 Å². The van der Waals surface area contributed by atoms with E-state index >= 15 is 0 Å². The monoisotopic (exact) mass is 674 g/mol. The molecule has 248 valence electrons. The van der Waals surface area contributed by atoms with Gasteiger partial charge in [0.15, 0.2) is 0 Å². The van der Waals surface area contributed by atoms with Crippen molar-refractivity contribution in [2.24, 2.45) is 5.92 Å². The Balaban J connectivity index is 0.000000582. The first-order valence-electron chi connectivity index (χ1n) is 15.4. The SMILES string of the molecule is C[N+]1(C)CCC([C@@H](NC(=O)c2cc3ccccc3n2Cc2cccc(C#N)c2)c2ccc3cc(Cl)ccc3c2)CC1.O=C([O-])C(F)(F)F. The largest absolute Gasteiger partial charge is 0.542 e. The predicted octanol–water partition coefficient (Wildman–Crippen LogP) is 6.62. The molecule has 1 atom stereocenters. The van der Waals surface area contributed by atoms with E-state index < -0.39 is 12.1 Å². The molecule has 11 heteroatoms. The Morgan fingerprint density at radius 1 is 0.958 bits per heavy atom. The second-order valence-electron chi connectivity index (χ2n) is 12.7. The van der Waals surface area contributed by atoms with Crippen LogP contribution in [0.3, 0.4) is 0 Å². The number of likely N-dealkylation sites (tertiary alicyclic amines) is 1. The zero-order valence-corrected chi connectivity index (χ0v) is 27.2. The van der Waals surface area contributed by atoms with Crippen molar-refractivity contribution in [3.05, 3.63) is 118 Å². The number of nitriles is 1. The summed E-state index contributed by atoms with van der Waals surface area (Å²) in [5, 5.41) is 25.6. The molecule has 1 aromatic heterocycles. The van der Waals surface area contributed by atoms with E-state index in [1.807, 2.05) is 66.7 Å². The van der Waals surface area contributed by atoms with Gasteiger partial charge in [0.05, 0.1) is 44.9 Å². The van der Waals surface area contributed by atoms with Gasteiger partial charge in [0.25, 0.3) is 5.91 Å². The zero-order valence-electron chi connectivity index (χ0n) is 26.4. The maximum Gasteiger partial charge on any atom is 0.430 e. The molecular formula is C37H34ClF3N4O3. The smallest absolute Gasteiger partial charge is 0.430 e. The normalized spacial score (nSPS) is 15.3. The number of hydrogen-bond acceptors (Lipinski definition) is 4. The molecule has 1 aliphatic heterocycles. The molecular weight excluding hydrogens is 641 g/mol. The number of hydrogen-bond donors (Lipinski definition) is 1. The van der Waals surface area contributed by atoms with Crippen LogP contribution in [0, 0.1) is 17.2 Å². The number of halogens is 4. The minimum absolute atomic E-state index is 0.0850. The highest BCUT2D eigenvalue weighted by atomic mass is 35.5. The first kappa shape index (κ1) is 34.5. The Morgan fingerprint density at radius 2 is 1.62 bits per heavy atom. The molecule has 0 saturated carbocycles. The number of benzene rings is 4. The molecule has 0 bridgehead atoms. The minimum Gasteiger partial charge on any atom is -0.542 e. The standard InChI is InChI=1S/C35H33ClN4O.C2HF3O2/c1-40(2)16-14-26(15-17-40)34(30-11-10-28-20-31(36)13-12-27(28)19-30)38-35(41)33-21-29-8-3-4-9-32(29)39(33)23-25-7-5-6-24(18-25)22-37;3-2(4,5)1(6)7/h3-13,18-21,26,34H,14-17,23H2,1-2H3;(H,6,7)/t34-;/m1./s1. The number of amides is 1. The minimum atomic E-state index is -5.19. The fourth-order valence-corrected chi connectivity index (χ4v) is 6.41. The molecule has 2 heterocycles. The third-order valence-electron chi connectivity index (χ3n) is 8.83. The molecule has 6 rings (SSSR count). The molecule has 1 N–H and O–H groups in total. The number of fused-ring (bicyclic) bond motifs is 2. The summed E-state index contributed by atoms with van der Waals surface area (Å²) in [7, 11) is 4.56. The summed E-state index contributed by atoms with van der Waals surface area (Å²) in [6.45, 7) is 2.66. The van der Waals surface area contributed by atoms with Gasteiger partial charge in [0, 0.05) is 35.3 Å². The number of aromatic nitrogens is 1. The number of carboxylic acids is 1. The lowest BCUT2D eigenvalue weighted by Crippen LogP contribution is -2.48. The van der Waals surface area contributed by atoms with Gasteiger partial charge in [0.2, 0.25) is 0 Å². The third kappa shape index (κ3) is 8.16. The number of piperidine rings is 1. The van der Waals surface area contributed by atoms with E-state index in [-0.39, 0.29) is 11.9 Å². The van der Waals surface area contributed by atoms with Crippen LogP contribution < -0.4 is 10.4 Å². The quantitative estimate of drug-likeness (QED) is 0.205. The van der Waals surface area contributed by atoms with Gasteiger partial charge in [-0.25, -0.2) is 0 Å². The molecule has 5 aromatic rings. The van der Waals surface area contributed by atoms with Crippen LogP contribution >= 0.6 is 11.6 Å². The molecule has 7 nitrogen and oxygen atoms in total. The Hall–Kier alpha value is -4.85. The van der Waals surface area contributed by atoms with Crippen LogP contribution in [0.2, 0.25) is 5.02 Å². The number of nitrogens with zero attached hydrogens (tertiary/aromatic N) is 3. The fraction of sp³-hybridized carbons (Fsp3) is 0.270. The summed E-state index contributed by atoms with van der Waals surface area (Å²) in [5.41, 5.74) is 4.33. The average molecular weight is 675 g/mol. The van der Waals surface area contributed by atoms with Gasteiger partial charge in [-0.1, -0.05) is 60.1 Å². The first-order chi connectivity index (χ1) is 22.7. The van der Waals surface area contributed by atoms with E-state index in [9.17, 15) is 23.2 Å². The van der Waals surface area contributed by atoms with E-state index in [4.69, 9.17) is 21.5 Å². The highest BCUT2D eigenvalue weighted by Gasteiger charge is 2.34. The van der Waals surface area contributed by atoms with Gasteiger partial charge < -0.3 is 24.3 Å². The lowest BCUT2D eigenvalue weighted by molar-refractivity contribution is -0.896. The number of carboxylic acid groups (broad SMARTS) is 1. The van der Waals surface area contributed by atoms with Crippen LogP contribution in [0.25, 0.3) is 21.7 Å². The zero-order chi connectivity index (χ0) is 34.6. The van der Waals surface area contributed by atoms with Crippen molar-refractivity contribution in [2.75, 3.05) is 27.2 Å². The number of carbonyl (C=O) groups excluding carboxylic acids is 2. The number of carbonyl (C=O) groups is 2. The van der Waals surface area contributed by atoms with Gasteiger partial charge in [-0.05, 0) is 70.3 Å². The molecule has 1 aliphatic rings. The van der Waals surface area contributed by atoms with Gasteiger partial charge >= 0.3 is 6.18 Å². The molecule has 0 spiro atoms. The van der Waals surface area contributed by atoms with E-state index in [2.05, 4.69) is 48.2 Å². The van der Waals surface area contributed by atoms with Crippen LogP contribution in [0.5, 0.6) is 0 Å². The number of alkyl halides is 3. The van der Waals surface area contributed by atoms with Crippen molar-refractivity contribution in [1.82, 2.24) is 9.88 Å². The van der Waals surface area contributed by atoms with Gasteiger partial charge in [0.1, 0.15) is 11.7 Å². The molecule has 4 aromatic carbocycles. The Labute approximate surface area is 281 Å². The summed E-state index contributed by atoms with van der Waals surface area (Å²) in [6, 6.07) is 32.2. The topological polar surface area (TPSA) is 98.0 Å². The maximum absolute atomic E-state index is 14.2. The van der Waals surface area contributed by atoms with Crippen molar-refractivity contribution in [1.29, 1.82) is 5.26 Å². The van der Waals surface area contributed by atoms with Crippen molar-refractivity contribution in [2.45, 2.75) is 31.6 Å². The maximum atomic E-state index is 14.2. The molecule has 1 saturated heterocycles. The van der Waals surface area contributed by atoms with Crippen LogP contribution in [0.4, 0.5) is 13.2 Å². The van der Waals surface area contributed by atoms with Crippen LogP contribution in [0.1, 0.15) is 46.1 Å². The number of rotatable bonds is 6. The van der Waals surface area contributed by atoms with Gasteiger partial charge in [-0.3, -0.25) is 4.79 Å². The lowest BCUT2D eigenvalue weighted by atomic mass is 9.84. The fourth-order valence-electron chi connectivity index (χ4n) is 6.23. The molecule has 0 aliphatic carbocycles. The van der Waals surface area contributed by atoms with Crippen LogP contribution in [0.15, 0.2) is 91.0 Å². The van der Waals surface area contributed by atoms with Gasteiger partial charge in [-0.15, -0.1) is 0 Å². The van der Waals surface area contributed by atoms with Crippen molar-refractivity contribution >= 4 is 45.2 Å². The molecule has 1 fully saturated rings. The predicted molar refractivity (Wildman–Crippen MR) is 177 cm³/mol. The van der Waals surface area contributed by atoms with E-state index in [1.54, 1.807) is 6.07 Å². The summed E-state index contributed by atoms with van der Waals surface area (Å²) in [5.74, 6) is -2.76. The van der Waals surface area contributed by atoms with Crippen molar-refractivity contribution in [3.8, 4) is 6.07 Å². The highest BCUT2D eigenvalue weighted by molar-refractivity contribution is 6.31.